The van der Waals surface area contributed by atoms with Gasteiger partial charge in [0.15, 0.2) is 0 Å². The molecule has 0 spiro atoms. The monoisotopic (exact) mass is 448 g/mol. The normalized spacial score (nSPS) is 20.5. The number of hydrogen-bond acceptors (Lipinski definition) is 4. The molecule has 3 aliphatic rings. The van der Waals surface area contributed by atoms with E-state index in [-0.39, 0.29) is 22.9 Å². The molecule has 1 aliphatic carbocycles. The van der Waals surface area contributed by atoms with E-state index in [9.17, 15) is 18.0 Å². The summed E-state index contributed by atoms with van der Waals surface area (Å²) in [6.45, 7) is 3.69. The van der Waals surface area contributed by atoms with Gasteiger partial charge >= 0.3 is 6.03 Å². The zero-order valence-corrected chi connectivity index (χ0v) is 18.9. The molecule has 0 unspecified atom stereocenters. The van der Waals surface area contributed by atoms with Crippen LogP contribution in [-0.4, -0.2) is 57.0 Å². The van der Waals surface area contributed by atoms with E-state index in [2.05, 4.69) is 10.0 Å². The molecule has 1 aromatic carbocycles. The molecule has 8 nitrogen and oxygen atoms in total. The second kappa shape index (κ2) is 9.16. The molecule has 3 amide bonds. The summed E-state index contributed by atoms with van der Waals surface area (Å²) in [6.07, 6.45) is 7.95. The highest BCUT2D eigenvalue weighted by Crippen LogP contribution is 2.31. The molecule has 1 aromatic rings. The summed E-state index contributed by atoms with van der Waals surface area (Å²) < 4.78 is 28.3. The zero-order chi connectivity index (χ0) is 22.0. The third kappa shape index (κ3) is 4.87. The number of nitrogens with zero attached hydrogens (tertiary/aromatic N) is 2. The summed E-state index contributed by atoms with van der Waals surface area (Å²) in [5, 5.41) is 2.96. The van der Waals surface area contributed by atoms with E-state index in [0.29, 0.717) is 13.0 Å². The zero-order valence-electron chi connectivity index (χ0n) is 18.1. The highest BCUT2D eigenvalue weighted by Gasteiger charge is 2.31. The van der Waals surface area contributed by atoms with Crippen LogP contribution in [0.15, 0.2) is 23.1 Å². The average Bonchev–Trinajstić information content (AvgIpc) is 3.43. The summed E-state index contributed by atoms with van der Waals surface area (Å²) in [7, 11) is -3.85. The van der Waals surface area contributed by atoms with Crippen LogP contribution in [0.4, 0.5) is 10.5 Å². The minimum Gasteiger partial charge on any atom is -0.352 e. The smallest absolute Gasteiger partial charge is 0.324 e. The minimum absolute atomic E-state index is 0.00186. The number of anilines is 1. The molecule has 0 radical (unpaired) electrons. The van der Waals surface area contributed by atoms with Crippen molar-refractivity contribution in [3.05, 3.63) is 23.8 Å². The molecule has 2 heterocycles. The minimum atomic E-state index is -3.85. The van der Waals surface area contributed by atoms with Gasteiger partial charge < -0.3 is 10.2 Å². The first-order valence-electron chi connectivity index (χ1n) is 11.4. The molecule has 1 saturated heterocycles. The number of benzene rings is 1. The van der Waals surface area contributed by atoms with Crippen molar-refractivity contribution < 1.29 is 18.0 Å². The van der Waals surface area contributed by atoms with E-state index >= 15 is 0 Å². The number of amides is 3. The van der Waals surface area contributed by atoms with E-state index in [4.69, 9.17) is 0 Å². The number of urea groups is 1. The maximum Gasteiger partial charge on any atom is 0.324 e. The molecule has 0 aromatic heterocycles. The summed E-state index contributed by atoms with van der Waals surface area (Å²) in [5.41, 5.74) is 1.62. The van der Waals surface area contributed by atoms with Crippen LogP contribution in [0.25, 0.3) is 0 Å². The Morgan fingerprint density at radius 2 is 1.74 bits per heavy atom. The van der Waals surface area contributed by atoms with Crippen LogP contribution in [0.5, 0.6) is 0 Å². The van der Waals surface area contributed by atoms with Crippen LogP contribution < -0.4 is 14.9 Å². The van der Waals surface area contributed by atoms with Gasteiger partial charge in [-0.1, -0.05) is 19.3 Å². The molecule has 31 heavy (non-hydrogen) atoms. The Balaban J connectivity index is 1.41. The van der Waals surface area contributed by atoms with Crippen molar-refractivity contribution in [2.45, 2.75) is 75.3 Å². The van der Waals surface area contributed by atoms with Gasteiger partial charge in [0.25, 0.3) is 0 Å². The van der Waals surface area contributed by atoms with Crippen molar-refractivity contribution in [1.29, 1.82) is 0 Å². The van der Waals surface area contributed by atoms with Crippen molar-refractivity contribution in [1.82, 2.24) is 14.9 Å². The first kappa shape index (κ1) is 22.1. The molecule has 2 fully saturated rings. The third-order valence-electron chi connectivity index (χ3n) is 6.54. The highest BCUT2D eigenvalue weighted by atomic mass is 32.2. The number of nitrogens with one attached hydrogen (secondary N) is 2. The van der Waals surface area contributed by atoms with Crippen LogP contribution in [0.2, 0.25) is 0 Å². The lowest BCUT2D eigenvalue weighted by molar-refractivity contribution is -0.123. The topological polar surface area (TPSA) is 98.8 Å². The van der Waals surface area contributed by atoms with Crippen LogP contribution in [-0.2, 0) is 21.2 Å². The molecule has 170 valence electrons. The van der Waals surface area contributed by atoms with Crippen LogP contribution in [0.3, 0.4) is 0 Å². The third-order valence-corrected chi connectivity index (χ3v) is 8.08. The predicted molar refractivity (Wildman–Crippen MR) is 118 cm³/mol. The van der Waals surface area contributed by atoms with E-state index in [1.54, 1.807) is 24.0 Å². The molecule has 2 aliphatic heterocycles. The molecule has 9 heteroatoms. The second-order valence-corrected chi connectivity index (χ2v) is 10.6. The molecular formula is C22H32N4O4S. The van der Waals surface area contributed by atoms with Crippen molar-refractivity contribution in [3.8, 4) is 0 Å². The fourth-order valence-electron chi connectivity index (χ4n) is 4.75. The van der Waals surface area contributed by atoms with Gasteiger partial charge in [0.05, 0.1) is 10.9 Å². The molecule has 2 N–H and O–H groups in total. The lowest BCUT2D eigenvalue weighted by Gasteiger charge is -2.25. The van der Waals surface area contributed by atoms with Gasteiger partial charge in [0, 0.05) is 31.4 Å². The Labute approximate surface area is 184 Å². The molecule has 1 saturated carbocycles. The predicted octanol–water partition coefficient (Wildman–Crippen LogP) is 2.38. The number of carbonyl (C=O) groups excluding carboxylic acids is 2. The Kier molecular flexibility index (Phi) is 6.52. The summed E-state index contributed by atoms with van der Waals surface area (Å²) in [6, 6.07) is 4.12. The van der Waals surface area contributed by atoms with Crippen molar-refractivity contribution in [3.63, 3.8) is 0 Å². The first-order chi connectivity index (χ1) is 14.8. The maximum atomic E-state index is 12.9. The summed E-state index contributed by atoms with van der Waals surface area (Å²) >= 11 is 0. The van der Waals surface area contributed by atoms with E-state index in [1.165, 1.54) is 12.5 Å². The average molecular weight is 449 g/mol. The first-order valence-corrected chi connectivity index (χ1v) is 12.9. The lowest BCUT2D eigenvalue weighted by Crippen LogP contribution is -2.48. The van der Waals surface area contributed by atoms with E-state index in [0.717, 1.165) is 62.9 Å². The lowest BCUT2D eigenvalue weighted by atomic mass is 9.95. The Hall–Kier alpha value is -2.13. The number of hydrogen-bond donors (Lipinski definition) is 2. The number of rotatable bonds is 5. The number of likely N-dealkylation sites (tertiary alicyclic amines) is 1. The van der Waals surface area contributed by atoms with Gasteiger partial charge in [-0.15, -0.1) is 0 Å². The molecule has 4 rings (SSSR count). The quantitative estimate of drug-likeness (QED) is 0.722. The van der Waals surface area contributed by atoms with Crippen LogP contribution in [0, 0.1) is 0 Å². The van der Waals surface area contributed by atoms with E-state index in [1.807, 2.05) is 4.90 Å². The number of carbonyl (C=O) groups is 2. The van der Waals surface area contributed by atoms with Crippen molar-refractivity contribution in [2.24, 2.45) is 0 Å². The summed E-state index contributed by atoms with van der Waals surface area (Å²) in [4.78, 5) is 28.9. The fourth-order valence-corrected chi connectivity index (χ4v) is 6.00. The van der Waals surface area contributed by atoms with Gasteiger partial charge in [-0.2, -0.15) is 4.72 Å². The fraction of sp³-hybridized carbons (Fsp3) is 0.636. The molecular weight excluding hydrogens is 416 g/mol. The Bertz CT molecular complexity index is 937. The molecule has 1 atom stereocenters. The van der Waals surface area contributed by atoms with Gasteiger partial charge in [-0.05, 0) is 62.8 Å². The highest BCUT2D eigenvalue weighted by molar-refractivity contribution is 7.89. The SMILES string of the molecule is C[C@@H](NS(=O)(=O)c1ccc2c(c1)CCN2C(=O)N1CCCC1)C(=O)NC1CCCCC1. The van der Waals surface area contributed by atoms with Crippen LogP contribution >= 0.6 is 0 Å². The Morgan fingerprint density at radius 3 is 2.45 bits per heavy atom. The largest absolute Gasteiger partial charge is 0.352 e. The van der Waals surface area contributed by atoms with Gasteiger partial charge in [-0.3, -0.25) is 9.69 Å². The standard InChI is InChI=1S/C22H32N4O4S/c1-16(21(27)23-18-7-3-2-4-8-18)24-31(29,30)19-9-10-20-17(15-19)11-14-26(20)22(28)25-12-5-6-13-25/h9-10,15-16,18,24H,2-8,11-14H2,1H3,(H,23,27)/t16-/m1/s1. The van der Waals surface area contributed by atoms with Crippen LogP contribution in [0.1, 0.15) is 57.4 Å². The Morgan fingerprint density at radius 1 is 1.03 bits per heavy atom. The van der Waals surface area contributed by atoms with E-state index < -0.39 is 16.1 Å². The van der Waals surface area contributed by atoms with Gasteiger partial charge in [0.1, 0.15) is 0 Å². The van der Waals surface area contributed by atoms with Gasteiger partial charge in [-0.25, -0.2) is 13.2 Å². The second-order valence-electron chi connectivity index (χ2n) is 8.86. The molecule has 0 bridgehead atoms. The van der Waals surface area contributed by atoms with Crippen molar-refractivity contribution >= 4 is 27.6 Å². The maximum absolute atomic E-state index is 12.9. The van der Waals surface area contributed by atoms with Crippen molar-refractivity contribution in [2.75, 3.05) is 24.5 Å². The number of sulfonamides is 1. The van der Waals surface area contributed by atoms with Gasteiger partial charge in [0.2, 0.25) is 15.9 Å². The summed E-state index contributed by atoms with van der Waals surface area (Å²) in [5.74, 6) is -0.293. The number of fused-ring (bicyclic) bond motifs is 1.